The van der Waals surface area contributed by atoms with E-state index in [4.69, 9.17) is 16.3 Å². The molecule has 0 saturated carbocycles. The van der Waals surface area contributed by atoms with Gasteiger partial charge in [-0.2, -0.15) is 4.31 Å². The average molecular weight is 556 g/mol. The van der Waals surface area contributed by atoms with Crippen molar-refractivity contribution in [2.45, 2.75) is 36.7 Å². The van der Waals surface area contributed by atoms with Gasteiger partial charge in [0.25, 0.3) is 0 Å². The lowest BCUT2D eigenvalue weighted by atomic mass is 9.96. The predicted molar refractivity (Wildman–Crippen MR) is 134 cm³/mol. The summed E-state index contributed by atoms with van der Waals surface area (Å²) in [6, 6.07) is 7.91. The smallest absolute Gasteiger partial charge is 0.243 e. The standard InChI is InChI=1S/C24H24ClF2N3O4S2/c25-16-3-6-21-22(12-16)35-24(28-21)30(14-17-2-1-11-34-17)23(31)15-7-9-29(10-8-15)36(32,33)18-4-5-19(26)20(27)13-18/h3-6,12-13,15,17H,1-2,7-11,14H2. The summed E-state index contributed by atoms with van der Waals surface area (Å²) in [6.45, 7) is 1.23. The van der Waals surface area contributed by atoms with Crippen LogP contribution < -0.4 is 4.90 Å². The number of amides is 1. The molecule has 2 aliphatic rings. The maximum atomic E-state index is 13.7. The molecule has 0 N–H and O–H groups in total. The van der Waals surface area contributed by atoms with Crippen LogP contribution in [-0.2, 0) is 19.6 Å². The first-order valence-corrected chi connectivity index (χ1v) is 14.3. The number of hydrogen-bond acceptors (Lipinski definition) is 6. The first kappa shape index (κ1) is 25.5. The van der Waals surface area contributed by atoms with Gasteiger partial charge in [0.1, 0.15) is 0 Å². The van der Waals surface area contributed by atoms with E-state index in [1.807, 2.05) is 12.1 Å². The molecule has 1 amide bonds. The number of fused-ring (bicyclic) bond motifs is 1. The molecule has 1 aromatic heterocycles. The van der Waals surface area contributed by atoms with Crippen LogP contribution in [0.2, 0.25) is 5.02 Å². The third-order valence-electron chi connectivity index (χ3n) is 6.58. The summed E-state index contributed by atoms with van der Waals surface area (Å²) < 4.78 is 60.7. The molecule has 3 aromatic rings. The SMILES string of the molecule is O=C(C1CCN(S(=O)(=O)c2ccc(F)c(F)c2)CC1)N(CC1CCCO1)c1nc2ccc(Cl)cc2s1. The normalized spacial score (nSPS) is 19.7. The van der Waals surface area contributed by atoms with E-state index >= 15 is 0 Å². The van der Waals surface area contributed by atoms with Crippen molar-refractivity contribution in [3.63, 3.8) is 0 Å². The van der Waals surface area contributed by atoms with E-state index < -0.39 is 27.6 Å². The molecule has 0 spiro atoms. The second kappa shape index (κ2) is 10.3. The van der Waals surface area contributed by atoms with Gasteiger partial charge in [-0.15, -0.1) is 0 Å². The summed E-state index contributed by atoms with van der Waals surface area (Å²) in [7, 11) is -4.00. The Morgan fingerprint density at radius 2 is 1.92 bits per heavy atom. The lowest BCUT2D eigenvalue weighted by molar-refractivity contribution is -0.123. The number of piperidine rings is 1. The molecule has 3 heterocycles. The summed E-state index contributed by atoms with van der Waals surface area (Å²) in [4.78, 5) is 19.7. The molecule has 0 radical (unpaired) electrons. The van der Waals surface area contributed by atoms with Crippen molar-refractivity contribution in [2.24, 2.45) is 5.92 Å². The van der Waals surface area contributed by atoms with Gasteiger partial charge in [-0.1, -0.05) is 22.9 Å². The molecule has 2 aromatic carbocycles. The Balaban J connectivity index is 1.33. The number of aromatic nitrogens is 1. The minimum atomic E-state index is -4.00. The van der Waals surface area contributed by atoms with E-state index in [0.29, 0.717) is 42.2 Å². The molecule has 2 fully saturated rings. The van der Waals surface area contributed by atoms with Gasteiger partial charge in [-0.3, -0.25) is 9.69 Å². The molecule has 1 unspecified atom stereocenters. The van der Waals surface area contributed by atoms with Gasteiger partial charge in [0.05, 0.1) is 27.8 Å². The van der Waals surface area contributed by atoms with E-state index in [9.17, 15) is 22.0 Å². The second-order valence-electron chi connectivity index (χ2n) is 8.95. The van der Waals surface area contributed by atoms with Crippen LogP contribution in [-0.4, -0.2) is 56.0 Å². The summed E-state index contributed by atoms with van der Waals surface area (Å²) >= 11 is 7.51. The second-order valence-corrected chi connectivity index (χ2v) is 12.3. The number of carbonyl (C=O) groups excluding carboxylic acids is 1. The fourth-order valence-corrected chi connectivity index (χ4v) is 7.34. The van der Waals surface area contributed by atoms with E-state index in [1.165, 1.54) is 15.6 Å². The summed E-state index contributed by atoms with van der Waals surface area (Å²) in [6.07, 6.45) is 2.31. The van der Waals surface area contributed by atoms with Crippen molar-refractivity contribution in [3.05, 3.63) is 53.1 Å². The predicted octanol–water partition coefficient (Wildman–Crippen LogP) is 4.84. The maximum absolute atomic E-state index is 13.7. The van der Waals surface area contributed by atoms with Crippen LogP contribution in [0.4, 0.5) is 13.9 Å². The number of thiazole rings is 1. The van der Waals surface area contributed by atoms with Gasteiger partial charge < -0.3 is 4.74 Å². The third-order valence-corrected chi connectivity index (χ3v) is 9.75. The number of hydrogen-bond donors (Lipinski definition) is 0. The largest absolute Gasteiger partial charge is 0.376 e. The lowest BCUT2D eigenvalue weighted by Crippen LogP contribution is -2.46. The molecule has 2 aliphatic heterocycles. The number of nitrogens with zero attached hydrogens (tertiary/aromatic N) is 3. The zero-order valence-electron chi connectivity index (χ0n) is 19.2. The minimum Gasteiger partial charge on any atom is -0.376 e. The van der Waals surface area contributed by atoms with Crippen molar-refractivity contribution >= 4 is 54.2 Å². The fourth-order valence-electron chi connectivity index (χ4n) is 4.61. The summed E-state index contributed by atoms with van der Waals surface area (Å²) in [5.74, 6) is -2.86. The molecule has 12 heteroatoms. The van der Waals surface area contributed by atoms with Crippen LogP contribution in [0.25, 0.3) is 10.2 Å². The summed E-state index contributed by atoms with van der Waals surface area (Å²) in [5.41, 5.74) is 0.747. The zero-order valence-corrected chi connectivity index (χ0v) is 21.6. The van der Waals surface area contributed by atoms with Gasteiger partial charge in [0.2, 0.25) is 15.9 Å². The quantitative estimate of drug-likeness (QED) is 0.435. The Hall–Kier alpha value is -2.18. The van der Waals surface area contributed by atoms with Crippen LogP contribution in [0.1, 0.15) is 25.7 Å². The van der Waals surface area contributed by atoms with Gasteiger partial charge in [-0.25, -0.2) is 22.2 Å². The van der Waals surface area contributed by atoms with E-state index in [0.717, 1.165) is 35.2 Å². The number of ether oxygens (including phenoxy) is 1. The highest BCUT2D eigenvalue weighted by atomic mass is 35.5. The maximum Gasteiger partial charge on any atom is 0.243 e. The topological polar surface area (TPSA) is 79.8 Å². The molecule has 1 atom stereocenters. The van der Waals surface area contributed by atoms with E-state index in [-0.39, 0.29) is 30.0 Å². The monoisotopic (exact) mass is 555 g/mol. The zero-order chi connectivity index (χ0) is 25.4. The molecule has 2 saturated heterocycles. The number of rotatable bonds is 6. The van der Waals surface area contributed by atoms with Crippen molar-refractivity contribution in [1.82, 2.24) is 9.29 Å². The first-order valence-electron chi connectivity index (χ1n) is 11.7. The number of halogens is 3. The molecule has 36 heavy (non-hydrogen) atoms. The Morgan fingerprint density at radius 1 is 1.14 bits per heavy atom. The Bertz CT molecular complexity index is 1390. The highest BCUT2D eigenvalue weighted by Crippen LogP contribution is 2.34. The molecule has 7 nitrogen and oxygen atoms in total. The molecule has 5 rings (SSSR count). The van der Waals surface area contributed by atoms with Gasteiger partial charge in [0.15, 0.2) is 16.8 Å². The van der Waals surface area contributed by atoms with Crippen molar-refractivity contribution in [1.29, 1.82) is 0 Å². The highest BCUT2D eigenvalue weighted by molar-refractivity contribution is 7.89. The minimum absolute atomic E-state index is 0.0848. The highest BCUT2D eigenvalue weighted by Gasteiger charge is 2.36. The molecular formula is C24H24ClF2N3O4S2. The van der Waals surface area contributed by atoms with Crippen LogP contribution in [0.3, 0.4) is 0 Å². The average Bonchev–Trinajstić information content (AvgIpc) is 3.53. The molecule has 192 valence electrons. The van der Waals surface area contributed by atoms with Gasteiger partial charge >= 0.3 is 0 Å². The Morgan fingerprint density at radius 3 is 2.61 bits per heavy atom. The van der Waals surface area contributed by atoms with Crippen LogP contribution in [0.15, 0.2) is 41.3 Å². The first-order chi connectivity index (χ1) is 17.2. The van der Waals surface area contributed by atoms with Gasteiger partial charge in [-0.05, 0) is 62.1 Å². The van der Waals surface area contributed by atoms with E-state index in [1.54, 1.807) is 11.0 Å². The number of anilines is 1. The molecule has 0 aliphatic carbocycles. The summed E-state index contributed by atoms with van der Waals surface area (Å²) in [5, 5.41) is 1.15. The molecule has 0 bridgehead atoms. The van der Waals surface area contributed by atoms with Crippen molar-refractivity contribution in [2.75, 3.05) is 31.1 Å². The number of sulfonamides is 1. The van der Waals surface area contributed by atoms with Crippen LogP contribution >= 0.6 is 22.9 Å². The van der Waals surface area contributed by atoms with E-state index in [2.05, 4.69) is 4.98 Å². The number of carbonyl (C=O) groups is 1. The van der Waals surface area contributed by atoms with Crippen LogP contribution in [0, 0.1) is 17.6 Å². The third kappa shape index (κ3) is 5.12. The number of benzene rings is 2. The Kier molecular flexibility index (Phi) is 7.28. The molecular weight excluding hydrogens is 532 g/mol. The lowest BCUT2D eigenvalue weighted by Gasteiger charge is -2.33. The van der Waals surface area contributed by atoms with Crippen LogP contribution in [0.5, 0.6) is 0 Å². The fraction of sp³-hybridized carbons (Fsp3) is 0.417. The van der Waals surface area contributed by atoms with Crippen molar-refractivity contribution < 1.29 is 26.7 Å². The Labute approximate surface area is 216 Å². The van der Waals surface area contributed by atoms with Crippen molar-refractivity contribution in [3.8, 4) is 0 Å². The van der Waals surface area contributed by atoms with Gasteiger partial charge in [0, 0.05) is 30.6 Å².